The van der Waals surface area contributed by atoms with Crippen LogP contribution in [-0.4, -0.2) is 25.2 Å². The van der Waals surface area contributed by atoms with Crippen LogP contribution in [0.2, 0.25) is 0 Å². The minimum absolute atomic E-state index is 0.0337. The fraction of sp³-hybridized carbons (Fsp3) is 0.278. The van der Waals surface area contributed by atoms with Crippen molar-refractivity contribution in [2.45, 2.75) is 25.7 Å². The molecule has 3 aromatic rings. The van der Waals surface area contributed by atoms with Gasteiger partial charge in [-0.25, -0.2) is 12.8 Å². The molecule has 1 heterocycles. The molecule has 0 atom stereocenters. The van der Waals surface area contributed by atoms with E-state index in [1.54, 1.807) is 37.4 Å². The van der Waals surface area contributed by atoms with E-state index in [2.05, 4.69) is 10.2 Å². The first-order valence-electron chi connectivity index (χ1n) is 8.01. The van der Waals surface area contributed by atoms with Crippen molar-refractivity contribution in [3.63, 3.8) is 0 Å². The van der Waals surface area contributed by atoms with Gasteiger partial charge in [-0.3, -0.25) is 9.40 Å². The number of hydrogen-bond donors (Lipinski definition) is 1. The molecule has 0 saturated heterocycles. The standard InChI is InChI=1S/C18H20FN3O2S/c1-12(2)11-22(18-13(3)5-4-6-16(18)19)25(23,24)15-7-8-17-14(9-15)10-20-21-17/h4-10,12H,11H2,1-3H3,(H,20,21). The van der Waals surface area contributed by atoms with Crippen molar-refractivity contribution in [1.82, 2.24) is 10.2 Å². The van der Waals surface area contributed by atoms with E-state index in [-0.39, 0.29) is 23.0 Å². The zero-order valence-electron chi connectivity index (χ0n) is 14.3. The third kappa shape index (κ3) is 3.24. The van der Waals surface area contributed by atoms with E-state index < -0.39 is 15.8 Å². The van der Waals surface area contributed by atoms with E-state index in [0.717, 1.165) is 5.52 Å². The predicted molar refractivity (Wildman–Crippen MR) is 96.6 cm³/mol. The number of sulfonamides is 1. The van der Waals surface area contributed by atoms with Crippen LogP contribution in [-0.2, 0) is 10.0 Å². The van der Waals surface area contributed by atoms with E-state index in [1.807, 2.05) is 13.8 Å². The second-order valence-corrected chi connectivity index (χ2v) is 8.32. The second-order valence-electron chi connectivity index (χ2n) is 6.45. The van der Waals surface area contributed by atoms with Crippen molar-refractivity contribution in [2.75, 3.05) is 10.8 Å². The molecular formula is C18H20FN3O2S. The van der Waals surface area contributed by atoms with Crippen molar-refractivity contribution in [3.05, 3.63) is 54.0 Å². The maximum Gasteiger partial charge on any atom is 0.264 e. The second kappa shape index (κ2) is 6.48. The molecule has 0 spiro atoms. The Bertz CT molecular complexity index is 992. The molecule has 0 radical (unpaired) electrons. The van der Waals surface area contributed by atoms with Crippen LogP contribution in [0, 0.1) is 18.7 Å². The topological polar surface area (TPSA) is 66.1 Å². The summed E-state index contributed by atoms with van der Waals surface area (Å²) in [5, 5.41) is 7.39. The van der Waals surface area contributed by atoms with Gasteiger partial charge in [0.15, 0.2) is 0 Å². The molecule has 7 heteroatoms. The Morgan fingerprint density at radius 3 is 2.68 bits per heavy atom. The fourth-order valence-corrected chi connectivity index (χ4v) is 4.53. The summed E-state index contributed by atoms with van der Waals surface area (Å²) in [6.45, 7) is 5.70. The number of anilines is 1. The number of halogens is 1. The lowest BCUT2D eigenvalue weighted by atomic mass is 10.1. The van der Waals surface area contributed by atoms with Crippen LogP contribution in [0.4, 0.5) is 10.1 Å². The summed E-state index contributed by atoms with van der Waals surface area (Å²) >= 11 is 0. The molecule has 0 aliphatic rings. The predicted octanol–water partition coefficient (Wildman–Crippen LogP) is 3.86. The Morgan fingerprint density at radius 1 is 1.24 bits per heavy atom. The molecule has 1 aromatic heterocycles. The summed E-state index contributed by atoms with van der Waals surface area (Å²) in [7, 11) is -3.91. The van der Waals surface area contributed by atoms with Crippen LogP contribution in [0.25, 0.3) is 10.9 Å². The summed E-state index contributed by atoms with van der Waals surface area (Å²) in [5.74, 6) is -0.514. The number of aromatic nitrogens is 2. The summed E-state index contributed by atoms with van der Waals surface area (Å²) in [5.41, 5.74) is 1.42. The molecule has 0 unspecified atom stereocenters. The van der Waals surface area contributed by atoms with Gasteiger partial charge >= 0.3 is 0 Å². The molecule has 5 nitrogen and oxygen atoms in total. The number of rotatable bonds is 5. The van der Waals surface area contributed by atoms with E-state index in [1.165, 1.54) is 16.4 Å². The zero-order valence-corrected chi connectivity index (χ0v) is 15.1. The lowest BCUT2D eigenvalue weighted by Crippen LogP contribution is -2.35. The molecule has 0 aliphatic carbocycles. The fourth-order valence-electron chi connectivity index (χ4n) is 2.79. The molecule has 0 amide bonds. The van der Waals surface area contributed by atoms with Crippen LogP contribution in [0.1, 0.15) is 19.4 Å². The smallest absolute Gasteiger partial charge is 0.264 e. The van der Waals surface area contributed by atoms with Gasteiger partial charge in [0, 0.05) is 11.9 Å². The maximum absolute atomic E-state index is 14.5. The number of fused-ring (bicyclic) bond motifs is 1. The average molecular weight is 361 g/mol. The summed E-state index contributed by atoms with van der Waals surface area (Å²) in [4.78, 5) is 0.115. The Labute approximate surface area is 146 Å². The first-order chi connectivity index (χ1) is 11.8. The number of para-hydroxylation sites is 1. The Morgan fingerprint density at radius 2 is 2.00 bits per heavy atom. The molecule has 0 bridgehead atoms. The van der Waals surface area contributed by atoms with Gasteiger partial charge in [0.2, 0.25) is 0 Å². The first-order valence-corrected chi connectivity index (χ1v) is 9.45. The largest absolute Gasteiger partial charge is 0.278 e. The number of benzene rings is 2. The molecule has 0 saturated carbocycles. The minimum Gasteiger partial charge on any atom is -0.278 e. The van der Waals surface area contributed by atoms with Crippen LogP contribution in [0.3, 0.4) is 0 Å². The van der Waals surface area contributed by atoms with Gasteiger partial charge < -0.3 is 0 Å². The zero-order chi connectivity index (χ0) is 18.2. The van der Waals surface area contributed by atoms with Gasteiger partial charge in [0.05, 0.1) is 22.3 Å². The van der Waals surface area contributed by atoms with Gasteiger partial charge in [-0.1, -0.05) is 26.0 Å². The van der Waals surface area contributed by atoms with Gasteiger partial charge in [0.25, 0.3) is 10.0 Å². The molecule has 0 fully saturated rings. The highest BCUT2D eigenvalue weighted by Gasteiger charge is 2.29. The Hall–Kier alpha value is -2.41. The number of aromatic amines is 1. The SMILES string of the molecule is Cc1cccc(F)c1N(CC(C)C)S(=O)(=O)c1ccc2[nH]ncc2c1. The van der Waals surface area contributed by atoms with Crippen molar-refractivity contribution >= 4 is 26.6 Å². The molecule has 3 rings (SSSR count). The Balaban J connectivity index is 2.17. The minimum atomic E-state index is -3.91. The van der Waals surface area contributed by atoms with E-state index in [4.69, 9.17) is 0 Å². The summed E-state index contributed by atoms with van der Waals surface area (Å²) < 4.78 is 42.2. The lowest BCUT2D eigenvalue weighted by molar-refractivity contribution is 0.569. The molecule has 1 N–H and O–H groups in total. The van der Waals surface area contributed by atoms with Crippen LogP contribution in [0.15, 0.2) is 47.5 Å². The quantitative estimate of drug-likeness (QED) is 0.750. The molecular weight excluding hydrogens is 341 g/mol. The number of aryl methyl sites for hydroxylation is 1. The van der Waals surface area contributed by atoms with E-state index in [9.17, 15) is 12.8 Å². The van der Waals surface area contributed by atoms with Crippen LogP contribution >= 0.6 is 0 Å². The maximum atomic E-state index is 14.5. The first kappa shape index (κ1) is 17.4. The van der Waals surface area contributed by atoms with Gasteiger partial charge in [-0.2, -0.15) is 5.10 Å². The van der Waals surface area contributed by atoms with E-state index in [0.29, 0.717) is 10.9 Å². The van der Waals surface area contributed by atoms with Crippen LogP contribution < -0.4 is 4.31 Å². The Kier molecular flexibility index (Phi) is 4.51. The highest BCUT2D eigenvalue weighted by Crippen LogP contribution is 2.31. The number of H-pyrrole nitrogens is 1. The lowest BCUT2D eigenvalue weighted by Gasteiger charge is -2.28. The third-order valence-electron chi connectivity index (χ3n) is 3.97. The average Bonchev–Trinajstić information content (AvgIpc) is 3.00. The molecule has 0 aliphatic heterocycles. The van der Waals surface area contributed by atoms with Crippen molar-refractivity contribution < 1.29 is 12.8 Å². The normalized spacial score (nSPS) is 12.0. The van der Waals surface area contributed by atoms with Crippen LogP contribution in [0.5, 0.6) is 0 Å². The van der Waals surface area contributed by atoms with Crippen molar-refractivity contribution in [2.24, 2.45) is 5.92 Å². The highest BCUT2D eigenvalue weighted by molar-refractivity contribution is 7.92. The number of nitrogens with one attached hydrogen (secondary N) is 1. The molecule has 25 heavy (non-hydrogen) atoms. The molecule has 2 aromatic carbocycles. The number of hydrogen-bond acceptors (Lipinski definition) is 3. The summed E-state index contributed by atoms with van der Waals surface area (Å²) in [6.07, 6.45) is 1.56. The van der Waals surface area contributed by atoms with E-state index >= 15 is 0 Å². The highest BCUT2D eigenvalue weighted by atomic mass is 32.2. The van der Waals surface area contributed by atoms with Gasteiger partial charge in [-0.05, 0) is 42.7 Å². The van der Waals surface area contributed by atoms with Gasteiger partial charge in [-0.15, -0.1) is 0 Å². The molecule has 132 valence electrons. The summed E-state index contributed by atoms with van der Waals surface area (Å²) in [6, 6.07) is 9.30. The van der Waals surface area contributed by atoms with Gasteiger partial charge in [0.1, 0.15) is 5.82 Å². The number of nitrogens with zero attached hydrogens (tertiary/aromatic N) is 2. The third-order valence-corrected chi connectivity index (χ3v) is 5.73. The van der Waals surface area contributed by atoms with Crippen molar-refractivity contribution in [3.8, 4) is 0 Å². The van der Waals surface area contributed by atoms with Crippen molar-refractivity contribution in [1.29, 1.82) is 0 Å². The monoisotopic (exact) mass is 361 g/mol.